The minimum absolute atomic E-state index is 0.0399. The van der Waals surface area contributed by atoms with Crippen molar-refractivity contribution in [2.75, 3.05) is 19.7 Å². The fourth-order valence-corrected chi connectivity index (χ4v) is 2.79. The first-order chi connectivity index (χ1) is 11.5. The maximum atomic E-state index is 12.5. The van der Waals surface area contributed by atoms with Crippen LogP contribution in [0.5, 0.6) is 0 Å². The molecule has 1 aromatic carbocycles. The van der Waals surface area contributed by atoms with Gasteiger partial charge < -0.3 is 14.2 Å². The summed E-state index contributed by atoms with van der Waals surface area (Å²) < 4.78 is 10.9. The van der Waals surface area contributed by atoms with Crippen LogP contribution in [-0.2, 0) is 16.0 Å². The predicted octanol–water partition coefficient (Wildman–Crippen LogP) is 2.99. The monoisotopic (exact) mass is 349 g/mol. The Kier molecular flexibility index (Phi) is 5.16. The molecule has 0 radical (unpaired) electrons. The van der Waals surface area contributed by atoms with E-state index in [1.54, 1.807) is 11.0 Å². The van der Waals surface area contributed by atoms with Gasteiger partial charge in [0.2, 0.25) is 17.6 Å². The predicted molar refractivity (Wildman–Crippen MR) is 88.8 cm³/mol. The maximum Gasteiger partial charge on any atom is 0.229 e. The molecule has 1 saturated heterocycles. The van der Waals surface area contributed by atoms with E-state index in [4.69, 9.17) is 20.9 Å². The van der Waals surface area contributed by atoms with Crippen LogP contribution >= 0.6 is 11.6 Å². The van der Waals surface area contributed by atoms with E-state index in [-0.39, 0.29) is 17.9 Å². The van der Waals surface area contributed by atoms with E-state index in [0.717, 1.165) is 5.56 Å². The fraction of sp³-hybridized carbons (Fsp3) is 0.471. The van der Waals surface area contributed by atoms with Gasteiger partial charge in [0.15, 0.2) is 0 Å². The van der Waals surface area contributed by atoms with Gasteiger partial charge in [0, 0.05) is 17.5 Å². The van der Waals surface area contributed by atoms with Crippen molar-refractivity contribution >= 4 is 17.5 Å². The van der Waals surface area contributed by atoms with Crippen molar-refractivity contribution < 1.29 is 14.1 Å². The van der Waals surface area contributed by atoms with E-state index in [0.29, 0.717) is 42.9 Å². The molecule has 24 heavy (non-hydrogen) atoms. The average molecular weight is 350 g/mol. The molecule has 0 saturated carbocycles. The second-order valence-corrected chi connectivity index (χ2v) is 6.59. The molecule has 2 heterocycles. The van der Waals surface area contributed by atoms with Crippen molar-refractivity contribution in [3.63, 3.8) is 0 Å². The summed E-state index contributed by atoms with van der Waals surface area (Å²) in [6.07, 6.45) is -0.0325. The van der Waals surface area contributed by atoms with Crippen LogP contribution in [0.25, 0.3) is 0 Å². The molecule has 1 aliphatic rings. The van der Waals surface area contributed by atoms with Crippen LogP contribution in [0, 0.1) is 0 Å². The molecule has 1 atom stereocenters. The zero-order valence-corrected chi connectivity index (χ0v) is 14.5. The summed E-state index contributed by atoms with van der Waals surface area (Å²) in [4.78, 5) is 18.7. The average Bonchev–Trinajstić information content (AvgIpc) is 3.05. The molecule has 1 unspecified atom stereocenters. The zero-order valence-electron chi connectivity index (χ0n) is 13.7. The Morgan fingerprint density at radius 3 is 3.00 bits per heavy atom. The van der Waals surface area contributed by atoms with Crippen molar-refractivity contribution in [3.8, 4) is 0 Å². The number of benzene rings is 1. The summed E-state index contributed by atoms with van der Waals surface area (Å²) in [7, 11) is 0. The van der Waals surface area contributed by atoms with Gasteiger partial charge in [-0.2, -0.15) is 4.98 Å². The standard InChI is InChI=1S/C17H20ClN3O3/c1-11(2)17-19-16(20-24-17)14-10-21(6-7-23-14)15(22)9-12-4-3-5-13(18)8-12/h3-5,8,11,14H,6-7,9-10H2,1-2H3. The van der Waals surface area contributed by atoms with E-state index in [9.17, 15) is 4.79 Å². The number of rotatable bonds is 4. The summed E-state index contributed by atoms with van der Waals surface area (Å²) in [6, 6.07) is 7.35. The smallest absolute Gasteiger partial charge is 0.229 e. The highest BCUT2D eigenvalue weighted by molar-refractivity contribution is 6.30. The Bertz CT molecular complexity index is 717. The summed E-state index contributed by atoms with van der Waals surface area (Å²) in [6.45, 7) is 5.42. The fourth-order valence-electron chi connectivity index (χ4n) is 2.58. The van der Waals surface area contributed by atoms with Gasteiger partial charge in [-0.3, -0.25) is 4.79 Å². The van der Waals surface area contributed by atoms with Crippen LogP contribution in [0.4, 0.5) is 0 Å². The molecular formula is C17H20ClN3O3. The highest BCUT2D eigenvalue weighted by Gasteiger charge is 2.29. The Morgan fingerprint density at radius 1 is 1.46 bits per heavy atom. The number of nitrogens with zero attached hydrogens (tertiary/aromatic N) is 3. The highest BCUT2D eigenvalue weighted by Crippen LogP contribution is 2.22. The van der Waals surface area contributed by atoms with Crippen molar-refractivity contribution in [1.29, 1.82) is 0 Å². The molecule has 0 bridgehead atoms. The Hall–Kier alpha value is -1.92. The molecule has 0 spiro atoms. The van der Waals surface area contributed by atoms with Gasteiger partial charge in [-0.1, -0.05) is 42.7 Å². The summed E-state index contributed by atoms with van der Waals surface area (Å²) in [5.41, 5.74) is 0.900. The SMILES string of the molecule is CC(C)c1nc(C2CN(C(=O)Cc3cccc(Cl)c3)CCO2)no1. The van der Waals surface area contributed by atoms with Crippen molar-refractivity contribution in [2.24, 2.45) is 0 Å². The third-order valence-corrected chi connectivity index (χ3v) is 4.14. The molecule has 128 valence electrons. The van der Waals surface area contributed by atoms with Crippen LogP contribution in [0.15, 0.2) is 28.8 Å². The second-order valence-electron chi connectivity index (χ2n) is 6.15. The number of aromatic nitrogens is 2. The van der Waals surface area contributed by atoms with Gasteiger partial charge in [0.1, 0.15) is 6.10 Å². The molecule has 0 N–H and O–H groups in total. The lowest BCUT2D eigenvalue weighted by Crippen LogP contribution is -2.43. The van der Waals surface area contributed by atoms with Crippen molar-refractivity contribution in [3.05, 3.63) is 46.6 Å². The quantitative estimate of drug-likeness (QED) is 0.848. The lowest BCUT2D eigenvalue weighted by atomic mass is 10.1. The summed E-state index contributed by atoms with van der Waals surface area (Å²) >= 11 is 5.97. The third-order valence-electron chi connectivity index (χ3n) is 3.90. The minimum atomic E-state index is -0.349. The Morgan fingerprint density at radius 2 is 2.29 bits per heavy atom. The largest absolute Gasteiger partial charge is 0.366 e. The number of carbonyl (C=O) groups is 1. The van der Waals surface area contributed by atoms with Crippen LogP contribution in [0.1, 0.15) is 43.1 Å². The number of hydrogen-bond donors (Lipinski definition) is 0. The van der Waals surface area contributed by atoms with Crippen LogP contribution < -0.4 is 0 Å². The molecule has 0 aliphatic carbocycles. The molecule has 6 nitrogen and oxygen atoms in total. The van der Waals surface area contributed by atoms with Crippen LogP contribution in [0.2, 0.25) is 5.02 Å². The topological polar surface area (TPSA) is 68.5 Å². The van der Waals surface area contributed by atoms with Gasteiger partial charge in [-0.05, 0) is 17.7 Å². The van der Waals surface area contributed by atoms with Gasteiger partial charge in [0.25, 0.3) is 0 Å². The lowest BCUT2D eigenvalue weighted by Gasteiger charge is -2.31. The molecule has 7 heteroatoms. The highest BCUT2D eigenvalue weighted by atomic mass is 35.5. The molecule has 1 amide bonds. The molecule has 1 fully saturated rings. The first-order valence-corrected chi connectivity index (χ1v) is 8.38. The van der Waals surface area contributed by atoms with Gasteiger partial charge in [-0.25, -0.2) is 0 Å². The van der Waals surface area contributed by atoms with Crippen molar-refractivity contribution in [2.45, 2.75) is 32.3 Å². The normalized spacial score (nSPS) is 18.2. The first kappa shape index (κ1) is 16.9. The van der Waals surface area contributed by atoms with Gasteiger partial charge in [-0.15, -0.1) is 0 Å². The number of morpholine rings is 1. The first-order valence-electron chi connectivity index (χ1n) is 8.00. The number of amides is 1. The number of carbonyl (C=O) groups excluding carboxylic acids is 1. The molecule has 2 aromatic rings. The van der Waals surface area contributed by atoms with Gasteiger partial charge in [0.05, 0.1) is 19.6 Å². The number of ether oxygens (including phenoxy) is 1. The Labute approximate surface area is 145 Å². The molecule has 1 aliphatic heterocycles. The second kappa shape index (κ2) is 7.32. The van der Waals surface area contributed by atoms with E-state index in [1.165, 1.54) is 0 Å². The maximum absolute atomic E-state index is 12.5. The van der Waals surface area contributed by atoms with E-state index in [2.05, 4.69) is 10.1 Å². The molecule has 1 aromatic heterocycles. The summed E-state index contributed by atoms with van der Waals surface area (Å²) in [5, 5.41) is 4.62. The lowest BCUT2D eigenvalue weighted by molar-refractivity contribution is -0.138. The third kappa shape index (κ3) is 3.94. The van der Waals surface area contributed by atoms with E-state index < -0.39 is 0 Å². The number of halogens is 1. The van der Waals surface area contributed by atoms with Crippen LogP contribution in [-0.4, -0.2) is 40.6 Å². The number of hydrogen-bond acceptors (Lipinski definition) is 5. The van der Waals surface area contributed by atoms with Crippen molar-refractivity contribution in [1.82, 2.24) is 15.0 Å². The minimum Gasteiger partial charge on any atom is -0.366 e. The van der Waals surface area contributed by atoms with Crippen LogP contribution in [0.3, 0.4) is 0 Å². The summed E-state index contributed by atoms with van der Waals surface area (Å²) in [5.74, 6) is 1.28. The molecule has 3 rings (SSSR count). The van der Waals surface area contributed by atoms with Gasteiger partial charge >= 0.3 is 0 Å². The van der Waals surface area contributed by atoms with E-state index >= 15 is 0 Å². The Balaban J connectivity index is 1.65. The zero-order chi connectivity index (χ0) is 17.1. The van der Waals surface area contributed by atoms with E-state index in [1.807, 2.05) is 32.0 Å². The molecular weight excluding hydrogens is 330 g/mol.